The Morgan fingerprint density at radius 2 is 1.74 bits per heavy atom. The van der Waals surface area contributed by atoms with Crippen molar-refractivity contribution in [1.29, 1.82) is 0 Å². The zero-order valence-corrected chi connectivity index (χ0v) is 14.1. The van der Waals surface area contributed by atoms with Crippen LogP contribution in [0.4, 0.5) is 0 Å². The largest absolute Gasteiger partial charge is 0.395 e. The molecule has 19 heavy (non-hydrogen) atoms. The summed E-state index contributed by atoms with van der Waals surface area (Å²) in [7, 11) is 0. The summed E-state index contributed by atoms with van der Waals surface area (Å²) in [6, 6.07) is 0. The van der Waals surface area contributed by atoms with Gasteiger partial charge < -0.3 is 5.11 Å². The van der Waals surface area contributed by atoms with Gasteiger partial charge in [0.25, 0.3) is 0 Å². The first-order chi connectivity index (χ1) is 8.71. The Kier molecular flexibility index (Phi) is 7.36. The van der Waals surface area contributed by atoms with Gasteiger partial charge in [-0.2, -0.15) is 0 Å². The molecule has 110 valence electrons. The number of aliphatic hydroxyl groups is 1. The minimum Gasteiger partial charge on any atom is -0.395 e. The molecule has 1 heteroatoms. The van der Waals surface area contributed by atoms with E-state index in [-0.39, 0.29) is 12.0 Å². The van der Waals surface area contributed by atoms with Gasteiger partial charge >= 0.3 is 0 Å². The second kappa shape index (κ2) is 7.69. The number of allylic oxidation sites excluding steroid dienone is 5. The highest BCUT2D eigenvalue weighted by Crippen LogP contribution is 2.33. The molecule has 0 heterocycles. The van der Waals surface area contributed by atoms with Crippen molar-refractivity contribution in [2.75, 3.05) is 6.61 Å². The Morgan fingerprint density at radius 3 is 2.05 bits per heavy atom. The highest BCUT2D eigenvalue weighted by molar-refractivity contribution is 5.40. The fourth-order valence-electron chi connectivity index (χ4n) is 2.49. The van der Waals surface area contributed by atoms with Crippen molar-refractivity contribution >= 4 is 0 Å². The van der Waals surface area contributed by atoms with Crippen LogP contribution in [0, 0.1) is 11.3 Å². The van der Waals surface area contributed by atoms with Crippen molar-refractivity contribution in [3.8, 4) is 0 Å². The highest BCUT2D eigenvalue weighted by Gasteiger charge is 2.23. The molecule has 1 N–H and O–H groups in total. The Hall–Kier alpha value is -0.820. The maximum absolute atomic E-state index is 9.65. The number of hydrogen-bond acceptors (Lipinski definition) is 1. The van der Waals surface area contributed by atoms with Gasteiger partial charge in [-0.3, -0.25) is 0 Å². The van der Waals surface area contributed by atoms with Crippen LogP contribution in [0.2, 0.25) is 0 Å². The number of hydrogen-bond donors (Lipinski definition) is 1. The SMILES string of the molecule is C\C=C(/C(C)=C\C(=C(/C)CC)C(C)(C)CO)C(C)C. The lowest BCUT2D eigenvalue weighted by atomic mass is 9.79. The summed E-state index contributed by atoms with van der Waals surface area (Å²) in [5.41, 5.74) is 5.14. The monoisotopic (exact) mass is 264 g/mol. The predicted molar refractivity (Wildman–Crippen MR) is 86.2 cm³/mol. The van der Waals surface area contributed by atoms with Gasteiger partial charge in [0.15, 0.2) is 0 Å². The van der Waals surface area contributed by atoms with E-state index in [1.165, 1.54) is 22.3 Å². The van der Waals surface area contributed by atoms with Crippen molar-refractivity contribution in [3.05, 3.63) is 34.4 Å². The number of aliphatic hydroxyl groups excluding tert-OH is 1. The van der Waals surface area contributed by atoms with Crippen molar-refractivity contribution in [2.24, 2.45) is 11.3 Å². The third-order valence-corrected chi connectivity index (χ3v) is 3.86. The smallest absolute Gasteiger partial charge is 0.0522 e. The molecule has 0 unspecified atom stereocenters. The van der Waals surface area contributed by atoms with Crippen molar-refractivity contribution < 1.29 is 5.11 Å². The summed E-state index contributed by atoms with van der Waals surface area (Å²) in [5.74, 6) is 0.529. The van der Waals surface area contributed by atoms with Gasteiger partial charge in [-0.05, 0) is 49.8 Å². The molecule has 0 aromatic carbocycles. The van der Waals surface area contributed by atoms with E-state index in [2.05, 4.69) is 67.5 Å². The minimum absolute atomic E-state index is 0.177. The van der Waals surface area contributed by atoms with E-state index in [4.69, 9.17) is 0 Å². The molecule has 0 saturated carbocycles. The topological polar surface area (TPSA) is 20.2 Å². The molecule has 0 radical (unpaired) electrons. The second-order valence-corrected chi connectivity index (χ2v) is 6.32. The molecule has 0 aromatic heterocycles. The van der Waals surface area contributed by atoms with Gasteiger partial charge in [-0.15, -0.1) is 0 Å². The first-order valence-electron chi connectivity index (χ1n) is 7.37. The molecule has 0 amide bonds. The Bertz CT molecular complexity index is 378. The summed E-state index contributed by atoms with van der Waals surface area (Å²) in [6.45, 7) is 17.4. The van der Waals surface area contributed by atoms with E-state index in [1.54, 1.807) is 0 Å². The zero-order valence-electron chi connectivity index (χ0n) is 14.1. The van der Waals surface area contributed by atoms with Crippen LogP contribution in [0.1, 0.15) is 61.8 Å². The lowest BCUT2D eigenvalue weighted by Crippen LogP contribution is -2.20. The normalized spacial score (nSPS) is 15.9. The lowest BCUT2D eigenvalue weighted by Gasteiger charge is -2.27. The molecule has 0 bridgehead atoms. The summed E-state index contributed by atoms with van der Waals surface area (Å²) in [6.07, 6.45) is 5.49. The van der Waals surface area contributed by atoms with E-state index >= 15 is 0 Å². The molecule has 0 atom stereocenters. The van der Waals surface area contributed by atoms with Gasteiger partial charge in [-0.1, -0.05) is 52.3 Å². The van der Waals surface area contributed by atoms with E-state index in [1.807, 2.05) is 0 Å². The van der Waals surface area contributed by atoms with Crippen LogP contribution >= 0.6 is 0 Å². The van der Waals surface area contributed by atoms with Crippen molar-refractivity contribution in [3.63, 3.8) is 0 Å². The standard InChI is InChI=1S/C18H32O/c1-9-14(5)17(18(7,8)12-19)11-15(6)16(10-2)13(3)4/h10-11,13,19H,9,12H2,1-8H3/b15-11-,16-10-,17-14-. The molecule has 0 aliphatic heterocycles. The van der Waals surface area contributed by atoms with Crippen LogP contribution in [0.15, 0.2) is 34.4 Å². The van der Waals surface area contributed by atoms with Crippen LogP contribution in [-0.4, -0.2) is 11.7 Å². The fraction of sp³-hybridized carbons (Fsp3) is 0.667. The first-order valence-corrected chi connectivity index (χ1v) is 7.37. The van der Waals surface area contributed by atoms with Gasteiger partial charge in [-0.25, -0.2) is 0 Å². The third kappa shape index (κ3) is 4.99. The average molecular weight is 264 g/mol. The summed E-state index contributed by atoms with van der Waals surface area (Å²) >= 11 is 0. The molecule has 0 aromatic rings. The molecule has 0 aliphatic rings. The lowest BCUT2D eigenvalue weighted by molar-refractivity contribution is 0.192. The highest BCUT2D eigenvalue weighted by atomic mass is 16.3. The molecule has 0 aliphatic carbocycles. The Balaban J connectivity index is 5.72. The van der Waals surface area contributed by atoms with Crippen molar-refractivity contribution in [1.82, 2.24) is 0 Å². The van der Waals surface area contributed by atoms with E-state index in [0.717, 1.165) is 6.42 Å². The van der Waals surface area contributed by atoms with Crippen LogP contribution < -0.4 is 0 Å². The molecule has 1 nitrogen and oxygen atoms in total. The Labute approximate surface area is 120 Å². The summed E-state index contributed by atoms with van der Waals surface area (Å²) in [4.78, 5) is 0. The zero-order chi connectivity index (χ0) is 15.2. The van der Waals surface area contributed by atoms with Gasteiger partial charge in [0.05, 0.1) is 6.61 Å². The van der Waals surface area contributed by atoms with Gasteiger partial charge in [0, 0.05) is 5.41 Å². The third-order valence-electron chi connectivity index (χ3n) is 3.86. The van der Waals surface area contributed by atoms with Crippen LogP contribution in [0.5, 0.6) is 0 Å². The van der Waals surface area contributed by atoms with E-state index < -0.39 is 0 Å². The fourth-order valence-corrected chi connectivity index (χ4v) is 2.49. The van der Waals surface area contributed by atoms with Crippen molar-refractivity contribution in [2.45, 2.75) is 61.8 Å². The number of rotatable bonds is 6. The molecule has 0 fully saturated rings. The minimum atomic E-state index is -0.183. The van der Waals surface area contributed by atoms with Crippen LogP contribution in [0.3, 0.4) is 0 Å². The van der Waals surface area contributed by atoms with Gasteiger partial charge in [0.2, 0.25) is 0 Å². The quantitative estimate of drug-likeness (QED) is 0.647. The molecule has 0 saturated heterocycles. The molecular formula is C18H32O. The average Bonchev–Trinajstić information content (AvgIpc) is 2.35. The summed E-state index contributed by atoms with van der Waals surface area (Å²) in [5, 5.41) is 9.65. The van der Waals surface area contributed by atoms with Crippen LogP contribution in [-0.2, 0) is 0 Å². The summed E-state index contributed by atoms with van der Waals surface area (Å²) < 4.78 is 0. The Morgan fingerprint density at radius 1 is 1.21 bits per heavy atom. The van der Waals surface area contributed by atoms with Gasteiger partial charge in [0.1, 0.15) is 0 Å². The maximum atomic E-state index is 9.65. The molecule has 0 spiro atoms. The predicted octanol–water partition coefficient (Wildman–Crippen LogP) is 5.28. The van der Waals surface area contributed by atoms with Crippen LogP contribution in [0.25, 0.3) is 0 Å². The maximum Gasteiger partial charge on any atom is 0.0522 e. The van der Waals surface area contributed by atoms with E-state index in [0.29, 0.717) is 5.92 Å². The van der Waals surface area contributed by atoms with E-state index in [9.17, 15) is 5.11 Å². The second-order valence-electron chi connectivity index (χ2n) is 6.32. The molecular weight excluding hydrogens is 232 g/mol. The molecule has 0 rings (SSSR count). The first kappa shape index (κ1) is 18.2.